The second-order valence-corrected chi connectivity index (χ2v) is 13.7. The molecule has 1 aliphatic heterocycles. The fraction of sp³-hybridized carbons (Fsp3) is 0.279. The predicted molar refractivity (Wildman–Crippen MR) is 204 cm³/mol. The number of benzene rings is 4. The summed E-state index contributed by atoms with van der Waals surface area (Å²) in [7, 11) is 0. The van der Waals surface area contributed by atoms with Gasteiger partial charge in [0.25, 0.3) is 11.8 Å². The first-order valence-corrected chi connectivity index (χ1v) is 18.2. The first-order chi connectivity index (χ1) is 26.1. The number of nitrogens with zero attached hydrogens (tertiary/aromatic N) is 2. The molecule has 1 heterocycles. The average Bonchev–Trinajstić information content (AvgIpc) is 3.78. The second kappa shape index (κ2) is 17.1. The Labute approximate surface area is 314 Å². The molecule has 0 bridgehead atoms. The molecule has 4 amide bonds. The van der Waals surface area contributed by atoms with Crippen molar-refractivity contribution in [3.63, 3.8) is 0 Å². The molecule has 2 aliphatic rings. The molecular weight excluding hydrogens is 684 g/mol. The van der Waals surface area contributed by atoms with Gasteiger partial charge in [0.2, 0.25) is 11.8 Å². The van der Waals surface area contributed by atoms with Crippen molar-refractivity contribution < 1.29 is 33.8 Å². The van der Waals surface area contributed by atoms with Crippen LogP contribution < -0.4 is 20.3 Å². The Morgan fingerprint density at radius 2 is 1.46 bits per heavy atom. The average molecular weight is 729 g/mol. The van der Waals surface area contributed by atoms with Gasteiger partial charge in [-0.2, -0.15) is 0 Å². The van der Waals surface area contributed by atoms with Crippen LogP contribution in [0.25, 0.3) is 6.08 Å². The van der Waals surface area contributed by atoms with E-state index in [-0.39, 0.29) is 42.4 Å². The van der Waals surface area contributed by atoms with Crippen molar-refractivity contribution in [3.8, 4) is 5.75 Å². The van der Waals surface area contributed by atoms with Crippen LogP contribution in [0.15, 0.2) is 121 Å². The molecule has 1 saturated heterocycles. The van der Waals surface area contributed by atoms with Crippen LogP contribution in [0.5, 0.6) is 5.75 Å². The third-order valence-corrected chi connectivity index (χ3v) is 10.1. The number of carboxylic acids is 1. The summed E-state index contributed by atoms with van der Waals surface area (Å²) in [4.78, 5) is 69.3. The fourth-order valence-corrected chi connectivity index (χ4v) is 7.39. The minimum absolute atomic E-state index is 0.188. The third-order valence-electron chi connectivity index (χ3n) is 10.1. The molecule has 54 heavy (non-hydrogen) atoms. The number of rotatable bonds is 14. The van der Waals surface area contributed by atoms with Gasteiger partial charge in [-0.25, -0.2) is 4.79 Å². The SMILES string of the molecule is CC(=O)NCCC1(C(=O)NC(=Cc2ccc(N3C(=O)C(Cc4ccccc4)N(C(=O)COc4ccccc4)C3c3ccccc3)cc2)C(=O)O)CCCC1. The van der Waals surface area contributed by atoms with Crippen LogP contribution >= 0.6 is 0 Å². The van der Waals surface area contributed by atoms with Gasteiger partial charge >= 0.3 is 5.97 Å². The molecule has 0 aromatic heterocycles. The zero-order chi connectivity index (χ0) is 38.1. The van der Waals surface area contributed by atoms with Crippen LogP contribution in [-0.2, 0) is 30.4 Å². The predicted octanol–water partition coefficient (Wildman–Crippen LogP) is 5.88. The quantitative estimate of drug-likeness (QED) is 0.138. The first-order valence-electron chi connectivity index (χ1n) is 18.2. The number of anilines is 1. The normalized spacial score (nSPS) is 17.9. The molecular formula is C43H44N4O7. The van der Waals surface area contributed by atoms with E-state index < -0.39 is 23.6 Å². The summed E-state index contributed by atoms with van der Waals surface area (Å²) >= 11 is 0. The van der Waals surface area contributed by atoms with E-state index >= 15 is 0 Å². The van der Waals surface area contributed by atoms with Crippen molar-refractivity contribution in [3.05, 3.63) is 138 Å². The first kappa shape index (κ1) is 37.5. The number of hydrogen-bond acceptors (Lipinski definition) is 6. The monoisotopic (exact) mass is 728 g/mol. The lowest BCUT2D eigenvalue weighted by Crippen LogP contribution is -2.43. The van der Waals surface area contributed by atoms with Gasteiger partial charge in [-0.15, -0.1) is 0 Å². The lowest BCUT2D eigenvalue weighted by molar-refractivity contribution is -0.138. The van der Waals surface area contributed by atoms with Gasteiger partial charge in [0.1, 0.15) is 23.7 Å². The molecule has 1 aliphatic carbocycles. The molecule has 4 aromatic rings. The minimum Gasteiger partial charge on any atom is -0.484 e. The number of aliphatic carboxylic acids is 1. The van der Waals surface area contributed by atoms with E-state index in [0.29, 0.717) is 42.8 Å². The van der Waals surface area contributed by atoms with Crippen molar-refractivity contribution in [2.75, 3.05) is 18.1 Å². The van der Waals surface area contributed by atoms with Crippen molar-refractivity contribution in [2.24, 2.45) is 5.41 Å². The van der Waals surface area contributed by atoms with Gasteiger partial charge < -0.3 is 25.4 Å². The number of ether oxygens (including phenoxy) is 1. The maximum absolute atomic E-state index is 14.6. The van der Waals surface area contributed by atoms with E-state index in [1.807, 2.05) is 78.9 Å². The molecule has 4 aromatic carbocycles. The summed E-state index contributed by atoms with van der Waals surface area (Å²) in [5, 5.41) is 15.5. The van der Waals surface area contributed by atoms with E-state index in [9.17, 15) is 29.1 Å². The Balaban J connectivity index is 1.30. The Bertz CT molecular complexity index is 1980. The zero-order valence-electron chi connectivity index (χ0n) is 30.1. The summed E-state index contributed by atoms with van der Waals surface area (Å²) in [6.45, 7) is 1.46. The zero-order valence-corrected chi connectivity index (χ0v) is 30.1. The van der Waals surface area contributed by atoms with Crippen LogP contribution in [0.1, 0.15) is 61.9 Å². The number of carbonyl (C=O) groups is 5. The highest BCUT2D eigenvalue weighted by molar-refractivity contribution is 6.04. The van der Waals surface area contributed by atoms with E-state index in [0.717, 1.165) is 24.0 Å². The van der Waals surface area contributed by atoms with Crippen LogP contribution in [0.2, 0.25) is 0 Å². The van der Waals surface area contributed by atoms with Gasteiger partial charge in [0, 0.05) is 25.6 Å². The Morgan fingerprint density at radius 1 is 0.852 bits per heavy atom. The molecule has 11 nitrogen and oxygen atoms in total. The Morgan fingerprint density at radius 3 is 2.07 bits per heavy atom. The molecule has 11 heteroatoms. The van der Waals surface area contributed by atoms with Crippen LogP contribution in [0.3, 0.4) is 0 Å². The maximum atomic E-state index is 14.6. The van der Waals surface area contributed by atoms with E-state index in [1.165, 1.54) is 13.0 Å². The number of para-hydroxylation sites is 1. The second-order valence-electron chi connectivity index (χ2n) is 13.7. The van der Waals surface area contributed by atoms with Crippen molar-refractivity contribution >= 4 is 41.4 Å². The standard InChI is InChI=1S/C43H44N4O7/c1-30(48)44-26-25-43(23-11-12-24-43)42(53)45-36(41(51)52)27-32-19-21-34(22-20-32)46-39(33-15-7-3-8-16-33)47(38(49)29-54-35-17-9-4-10-18-35)37(40(46)50)28-31-13-5-2-6-14-31/h2-10,13-22,27,37,39H,11-12,23-26,28-29H2,1H3,(H,44,48)(H,45,53)(H,51,52). The summed E-state index contributed by atoms with van der Waals surface area (Å²) < 4.78 is 5.88. The van der Waals surface area contributed by atoms with Gasteiger partial charge in [0.15, 0.2) is 6.61 Å². The summed E-state index contributed by atoms with van der Waals surface area (Å²) in [6, 6.07) is 33.8. The Kier molecular flexibility index (Phi) is 11.9. The van der Waals surface area contributed by atoms with Crippen molar-refractivity contribution in [1.82, 2.24) is 15.5 Å². The minimum atomic E-state index is -1.29. The lowest BCUT2D eigenvalue weighted by atomic mass is 9.81. The molecule has 0 spiro atoms. The number of amides is 4. The van der Waals surface area contributed by atoms with Gasteiger partial charge in [-0.3, -0.25) is 24.1 Å². The highest BCUT2D eigenvalue weighted by Gasteiger charge is 2.49. The largest absolute Gasteiger partial charge is 0.484 e. The Hall–Kier alpha value is -6.23. The van der Waals surface area contributed by atoms with Crippen LogP contribution in [-0.4, -0.2) is 58.8 Å². The van der Waals surface area contributed by atoms with E-state index in [4.69, 9.17) is 4.74 Å². The summed E-state index contributed by atoms with van der Waals surface area (Å²) in [5.74, 6) is -1.96. The third kappa shape index (κ3) is 8.69. The van der Waals surface area contributed by atoms with E-state index in [2.05, 4.69) is 10.6 Å². The van der Waals surface area contributed by atoms with Gasteiger partial charge in [-0.05, 0) is 66.3 Å². The number of carbonyl (C=O) groups excluding carboxylic acids is 4. The number of hydrogen-bond donors (Lipinski definition) is 3. The molecule has 278 valence electrons. The molecule has 6 rings (SSSR count). The maximum Gasteiger partial charge on any atom is 0.352 e. The van der Waals surface area contributed by atoms with Crippen molar-refractivity contribution in [1.29, 1.82) is 0 Å². The van der Waals surface area contributed by atoms with E-state index in [1.54, 1.807) is 46.2 Å². The fourth-order valence-electron chi connectivity index (χ4n) is 7.39. The summed E-state index contributed by atoms with van der Waals surface area (Å²) in [6.07, 6.45) is 4.18. The molecule has 0 radical (unpaired) electrons. The smallest absolute Gasteiger partial charge is 0.352 e. The highest BCUT2D eigenvalue weighted by atomic mass is 16.5. The number of carboxylic acid groups (broad SMARTS) is 1. The molecule has 3 N–H and O–H groups in total. The van der Waals surface area contributed by atoms with Crippen LogP contribution in [0, 0.1) is 5.41 Å². The van der Waals surface area contributed by atoms with Gasteiger partial charge in [0.05, 0.1) is 5.41 Å². The molecule has 2 unspecified atom stereocenters. The van der Waals surface area contributed by atoms with Crippen molar-refractivity contribution in [2.45, 2.75) is 57.7 Å². The van der Waals surface area contributed by atoms with Gasteiger partial charge in [-0.1, -0.05) is 104 Å². The molecule has 2 atom stereocenters. The topological polar surface area (TPSA) is 145 Å². The molecule has 2 fully saturated rings. The lowest BCUT2D eigenvalue weighted by Gasteiger charge is -2.32. The number of nitrogens with one attached hydrogen (secondary N) is 2. The van der Waals surface area contributed by atoms with Crippen LogP contribution in [0.4, 0.5) is 5.69 Å². The highest BCUT2D eigenvalue weighted by Crippen LogP contribution is 2.42. The molecule has 1 saturated carbocycles. The summed E-state index contributed by atoms with van der Waals surface area (Å²) in [5.41, 5.74) is 1.57.